The molecule has 0 aliphatic heterocycles. The van der Waals surface area contributed by atoms with Crippen LogP contribution in [0.4, 0.5) is 0 Å². The van der Waals surface area contributed by atoms with Crippen molar-refractivity contribution < 1.29 is 23.9 Å². The first-order valence-corrected chi connectivity index (χ1v) is 10.1. The average molecular weight is 438 g/mol. The van der Waals surface area contributed by atoms with Crippen LogP contribution in [0.1, 0.15) is 56.5 Å². The highest BCUT2D eigenvalue weighted by molar-refractivity contribution is 6.08. The second-order valence-electron chi connectivity index (χ2n) is 8.46. The summed E-state index contributed by atoms with van der Waals surface area (Å²) in [6.45, 7) is 9.63. The van der Waals surface area contributed by atoms with E-state index in [2.05, 4.69) is 15.0 Å². The predicted octanol–water partition coefficient (Wildman–Crippen LogP) is 3.41. The molecule has 0 saturated heterocycles. The molecular weight excluding hydrogens is 412 g/mol. The third kappa shape index (κ3) is 5.35. The highest BCUT2D eigenvalue weighted by Gasteiger charge is 2.22. The van der Waals surface area contributed by atoms with E-state index < -0.39 is 17.5 Å². The van der Waals surface area contributed by atoms with Crippen molar-refractivity contribution in [3.8, 4) is 11.3 Å². The molecule has 0 saturated carbocycles. The van der Waals surface area contributed by atoms with Crippen molar-refractivity contribution in [2.45, 2.75) is 60.3 Å². The Hall–Kier alpha value is -3.62. The van der Waals surface area contributed by atoms with Crippen molar-refractivity contribution in [3.63, 3.8) is 0 Å². The Balaban J connectivity index is 2.19. The second-order valence-corrected chi connectivity index (χ2v) is 8.46. The summed E-state index contributed by atoms with van der Waals surface area (Å²) < 4.78 is 12.3. The fourth-order valence-corrected chi connectivity index (χ4v) is 3.27. The number of ether oxygens (including phenoxy) is 2. The zero-order chi connectivity index (χ0) is 23.6. The molecule has 3 aromatic rings. The minimum atomic E-state index is -0.652. The van der Waals surface area contributed by atoms with Gasteiger partial charge in [0.05, 0.1) is 11.2 Å². The van der Waals surface area contributed by atoms with Crippen LogP contribution < -0.4 is 0 Å². The van der Waals surface area contributed by atoms with Gasteiger partial charge < -0.3 is 14.0 Å². The average Bonchev–Trinajstić information content (AvgIpc) is 3.03. The molecule has 3 aromatic heterocycles. The van der Waals surface area contributed by atoms with Gasteiger partial charge in [0.15, 0.2) is 5.78 Å². The summed E-state index contributed by atoms with van der Waals surface area (Å²) in [4.78, 5) is 49.4. The van der Waals surface area contributed by atoms with Crippen molar-refractivity contribution in [1.29, 1.82) is 0 Å². The fourth-order valence-electron chi connectivity index (χ4n) is 3.27. The van der Waals surface area contributed by atoms with Crippen LogP contribution in [0.2, 0.25) is 0 Å². The third-order valence-electron chi connectivity index (χ3n) is 4.51. The van der Waals surface area contributed by atoms with E-state index in [-0.39, 0.29) is 18.9 Å². The number of aromatic nitrogens is 4. The molecule has 0 atom stereocenters. The molecule has 0 radical (unpaired) electrons. The minimum absolute atomic E-state index is 0.122. The van der Waals surface area contributed by atoms with Crippen LogP contribution >= 0.6 is 0 Å². The van der Waals surface area contributed by atoms with E-state index in [4.69, 9.17) is 9.47 Å². The standard InChI is InChI=1S/C23H26N4O5/c1-13(28)18-10-27(11-21(30)32-23(4,5)6)22-17(18)7-19(16-8-24-14(2)25-9-16)26-20(22)12-31-15(3)29/h7-10H,11-12H2,1-6H3. The van der Waals surface area contributed by atoms with Gasteiger partial charge in [-0.1, -0.05) is 0 Å². The van der Waals surface area contributed by atoms with Crippen molar-refractivity contribution in [1.82, 2.24) is 19.5 Å². The first kappa shape index (κ1) is 23.1. The molecule has 0 aromatic carbocycles. The molecule has 0 aliphatic carbocycles. The Morgan fingerprint density at radius 3 is 2.31 bits per heavy atom. The van der Waals surface area contributed by atoms with Crippen LogP contribution in [0.3, 0.4) is 0 Å². The summed E-state index contributed by atoms with van der Waals surface area (Å²) in [5.74, 6) is -0.489. The smallest absolute Gasteiger partial charge is 0.326 e. The Morgan fingerprint density at radius 2 is 1.75 bits per heavy atom. The van der Waals surface area contributed by atoms with E-state index in [1.807, 2.05) is 0 Å². The maximum atomic E-state index is 12.5. The summed E-state index contributed by atoms with van der Waals surface area (Å²) in [6, 6.07) is 1.75. The Morgan fingerprint density at radius 1 is 1.09 bits per heavy atom. The Labute approximate surface area is 185 Å². The number of hydrogen-bond acceptors (Lipinski definition) is 8. The topological polar surface area (TPSA) is 113 Å². The van der Waals surface area contributed by atoms with Crippen molar-refractivity contribution in [2.24, 2.45) is 0 Å². The van der Waals surface area contributed by atoms with Crippen LogP contribution in [-0.2, 0) is 32.2 Å². The van der Waals surface area contributed by atoms with Gasteiger partial charge in [0, 0.05) is 42.0 Å². The summed E-state index contributed by atoms with van der Waals surface area (Å²) >= 11 is 0. The number of nitrogens with zero attached hydrogens (tertiary/aromatic N) is 4. The summed E-state index contributed by atoms with van der Waals surface area (Å²) in [5.41, 5.74) is 1.88. The predicted molar refractivity (Wildman–Crippen MR) is 117 cm³/mol. The lowest BCUT2D eigenvalue weighted by molar-refractivity contribution is -0.155. The molecule has 0 N–H and O–H groups in total. The van der Waals surface area contributed by atoms with Crippen LogP contribution in [0, 0.1) is 6.92 Å². The minimum Gasteiger partial charge on any atom is -0.459 e. The molecule has 3 rings (SSSR count). The molecule has 32 heavy (non-hydrogen) atoms. The monoisotopic (exact) mass is 438 g/mol. The SMILES string of the molecule is CC(=O)OCc1nc(-c2cnc(C)nc2)cc2c(C(C)=O)cn(CC(=O)OC(C)(C)C)c12. The highest BCUT2D eigenvalue weighted by Crippen LogP contribution is 2.30. The van der Waals surface area contributed by atoms with E-state index in [1.54, 1.807) is 56.9 Å². The summed E-state index contributed by atoms with van der Waals surface area (Å²) in [7, 11) is 0. The van der Waals surface area contributed by atoms with Crippen LogP contribution in [0.15, 0.2) is 24.7 Å². The lowest BCUT2D eigenvalue weighted by atomic mass is 10.1. The summed E-state index contributed by atoms with van der Waals surface area (Å²) in [5, 5.41) is 0.591. The van der Waals surface area contributed by atoms with Crippen LogP contribution in [0.5, 0.6) is 0 Å². The molecular formula is C23H26N4O5. The van der Waals surface area contributed by atoms with Gasteiger partial charge in [-0.25, -0.2) is 15.0 Å². The van der Waals surface area contributed by atoms with E-state index in [0.29, 0.717) is 39.2 Å². The van der Waals surface area contributed by atoms with Gasteiger partial charge in [-0.15, -0.1) is 0 Å². The fraction of sp³-hybridized carbons (Fsp3) is 0.391. The van der Waals surface area contributed by atoms with Gasteiger partial charge in [-0.3, -0.25) is 14.4 Å². The normalized spacial score (nSPS) is 11.4. The van der Waals surface area contributed by atoms with Gasteiger partial charge in [0.2, 0.25) is 0 Å². The number of Topliss-reactive ketones (excluding diaryl/α,β-unsaturated/α-hetero) is 1. The number of rotatable bonds is 6. The molecule has 0 spiro atoms. The molecule has 0 aliphatic rings. The van der Waals surface area contributed by atoms with E-state index >= 15 is 0 Å². The number of aryl methyl sites for hydroxylation is 1. The molecule has 168 valence electrons. The maximum absolute atomic E-state index is 12.5. The first-order chi connectivity index (χ1) is 14.9. The highest BCUT2D eigenvalue weighted by atomic mass is 16.6. The quantitative estimate of drug-likeness (QED) is 0.425. The van der Waals surface area contributed by atoms with E-state index in [0.717, 1.165) is 0 Å². The number of hydrogen-bond donors (Lipinski definition) is 0. The Kier molecular flexibility index (Phi) is 6.38. The molecule has 9 heteroatoms. The van der Waals surface area contributed by atoms with Gasteiger partial charge in [0.1, 0.15) is 30.3 Å². The van der Waals surface area contributed by atoms with Gasteiger partial charge in [-0.2, -0.15) is 0 Å². The Bertz CT molecular complexity index is 1190. The van der Waals surface area contributed by atoms with Crippen LogP contribution in [-0.4, -0.2) is 42.8 Å². The maximum Gasteiger partial charge on any atom is 0.326 e. The molecule has 0 fully saturated rings. The zero-order valence-corrected chi connectivity index (χ0v) is 19.1. The van der Waals surface area contributed by atoms with Crippen molar-refractivity contribution in [2.75, 3.05) is 0 Å². The zero-order valence-electron chi connectivity index (χ0n) is 19.1. The largest absolute Gasteiger partial charge is 0.459 e. The molecule has 0 amide bonds. The molecule has 0 bridgehead atoms. The van der Waals surface area contributed by atoms with Crippen molar-refractivity contribution in [3.05, 3.63) is 41.7 Å². The lowest BCUT2D eigenvalue weighted by Gasteiger charge is -2.20. The van der Waals surface area contributed by atoms with Gasteiger partial charge in [0.25, 0.3) is 0 Å². The third-order valence-corrected chi connectivity index (χ3v) is 4.51. The summed E-state index contributed by atoms with van der Waals surface area (Å²) in [6.07, 6.45) is 4.87. The number of pyridine rings is 1. The van der Waals surface area contributed by atoms with Crippen LogP contribution in [0.25, 0.3) is 22.2 Å². The molecule has 9 nitrogen and oxygen atoms in total. The number of carbonyl (C=O) groups is 3. The van der Waals surface area contributed by atoms with Gasteiger partial charge in [-0.05, 0) is 40.7 Å². The first-order valence-electron chi connectivity index (χ1n) is 10.1. The lowest BCUT2D eigenvalue weighted by Crippen LogP contribution is -2.26. The van der Waals surface area contributed by atoms with E-state index in [1.165, 1.54) is 13.8 Å². The number of ketones is 1. The number of esters is 2. The van der Waals surface area contributed by atoms with Crippen molar-refractivity contribution >= 4 is 28.6 Å². The number of fused-ring (bicyclic) bond motifs is 1. The van der Waals surface area contributed by atoms with Gasteiger partial charge >= 0.3 is 11.9 Å². The number of carbonyl (C=O) groups excluding carboxylic acids is 3. The molecule has 0 unspecified atom stereocenters. The van der Waals surface area contributed by atoms with E-state index in [9.17, 15) is 14.4 Å². The molecule has 3 heterocycles. The second kappa shape index (κ2) is 8.86.